The summed E-state index contributed by atoms with van der Waals surface area (Å²) in [5, 5.41) is 12.3. The van der Waals surface area contributed by atoms with Crippen LogP contribution in [0.25, 0.3) is 121 Å². The molecule has 0 fully saturated rings. The predicted molar refractivity (Wildman–Crippen MR) is 239 cm³/mol. The van der Waals surface area contributed by atoms with Crippen molar-refractivity contribution in [2.75, 3.05) is 0 Å². The second-order valence-electron chi connectivity index (χ2n) is 15.3. The molecule has 13 aromatic rings. The Hall–Kier alpha value is -7.62. The van der Waals surface area contributed by atoms with Gasteiger partial charge in [0.2, 0.25) is 0 Å². The van der Waals surface area contributed by atoms with Crippen LogP contribution in [0.15, 0.2) is 199 Å². The fourth-order valence-corrected chi connectivity index (χ4v) is 9.75. The van der Waals surface area contributed by atoms with Crippen LogP contribution in [0.5, 0.6) is 0 Å². The van der Waals surface area contributed by atoms with Crippen LogP contribution in [-0.4, -0.2) is 9.13 Å². The lowest BCUT2D eigenvalue weighted by molar-refractivity contribution is 0.669. The van der Waals surface area contributed by atoms with E-state index in [-0.39, 0.29) is 0 Å². The molecule has 0 saturated heterocycles. The zero-order valence-corrected chi connectivity index (χ0v) is 30.8. The van der Waals surface area contributed by atoms with Crippen molar-refractivity contribution in [1.29, 1.82) is 0 Å². The maximum atomic E-state index is 6.57. The Labute approximate surface area is 327 Å². The van der Waals surface area contributed by atoms with E-state index >= 15 is 0 Å². The van der Waals surface area contributed by atoms with Crippen molar-refractivity contribution in [3.8, 4) is 33.6 Å². The Morgan fingerprint density at radius 3 is 1.53 bits per heavy atom. The molecule has 0 amide bonds. The van der Waals surface area contributed by atoms with Gasteiger partial charge in [-0.05, 0) is 123 Å². The summed E-state index contributed by atoms with van der Waals surface area (Å²) in [5.74, 6) is 0. The molecule has 0 radical (unpaired) electrons. The van der Waals surface area contributed by atoms with Crippen LogP contribution in [0.1, 0.15) is 0 Å². The van der Waals surface area contributed by atoms with Gasteiger partial charge in [-0.3, -0.25) is 0 Å². The molecule has 3 heterocycles. The summed E-state index contributed by atoms with van der Waals surface area (Å²) in [6.45, 7) is 0. The lowest BCUT2D eigenvalue weighted by atomic mass is 9.92. The summed E-state index contributed by atoms with van der Waals surface area (Å²) in [7, 11) is 0. The third-order valence-electron chi connectivity index (χ3n) is 12.2. The molecule has 0 aliphatic carbocycles. The largest absolute Gasteiger partial charge is 0.456 e. The normalized spacial score (nSPS) is 12.2. The molecule has 3 nitrogen and oxygen atoms in total. The molecular weight excluding hydrogens is 693 g/mol. The summed E-state index contributed by atoms with van der Waals surface area (Å²) in [5.41, 5.74) is 13.7. The third kappa shape index (κ3) is 4.31. The number of para-hydroxylation sites is 3. The topological polar surface area (TPSA) is 23.0 Å². The minimum Gasteiger partial charge on any atom is -0.456 e. The van der Waals surface area contributed by atoms with Gasteiger partial charge in [0.1, 0.15) is 11.2 Å². The van der Waals surface area contributed by atoms with Gasteiger partial charge in [0.25, 0.3) is 0 Å². The Bertz CT molecular complexity index is 3730. The smallest absolute Gasteiger partial charge is 0.136 e. The average Bonchev–Trinajstić information content (AvgIpc) is 3.94. The van der Waals surface area contributed by atoms with Crippen molar-refractivity contribution >= 4 is 87.1 Å². The molecule has 0 bridgehead atoms. The van der Waals surface area contributed by atoms with Crippen LogP contribution in [-0.2, 0) is 0 Å². The number of benzene rings is 10. The van der Waals surface area contributed by atoms with Gasteiger partial charge in [0.05, 0.1) is 22.1 Å². The lowest BCUT2D eigenvalue weighted by Gasteiger charge is -2.13. The molecule has 0 aliphatic heterocycles. The first kappa shape index (κ1) is 30.7. The lowest BCUT2D eigenvalue weighted by Crippen LogP contribution is -1.94. The number of hydrogen-bond donors (Lipinski definition) is 0. The summed E-state index contributed by atoms with van der Waals surface area (Å²) in [4.78, 5) is 0. The van der Waals surface area contributed by atoms with E-state index in [9.17, 15) is 0 Å². The molecule has 0 N–H and O–H groups in total. The second-order valence-corrected chi connectivity index (χ2v) is 15.3. The van der Waals surface area contributed by atoms with Gasteiger partial charge in [-0.1, -0.05) is 115 Å². The maximum Gasteiger partial charge on any atom is 0.136 e. The highest BCUT2D eigenvalue weighted by Gasteiger charge is 2.21. The van der Waals surface area contributed by atoms with Crippen molar-refractivity contribution < 1.29 is 4.42 Å². The van der Waals surface area contributed by atoms with Crippen molar-refractivity contribution in [2.45, 2.75) is 0 Å². The quantitative estimate of drug-likeness (QED) is 0.166. The molecule has 3 heteroatoms. The number of aromatic nitrogens is 2. The molecule has 0 unspecified atom stereocenters. The monoisotopic (exact) mass is 724 g/mol. The summed E-state index contributed by atoms with van der Waals surface area (Å²) < 4.78 is 11.4. The van der Waals surface area contributed by atoms with E-state index in [1.165, 1.54) is 98.3 Å². The number of nitrogens with zero attached hydrogens (tertiary/aromatic N) is 2. The molecular formula is C54H32N2O. The minimum atomic E-state index is 0.928. The van der Waals surface area contributed by atoms with Gasteiger partial charge in [0.15, 0.2) is 0 Å². The summed E-state index contributed by atoms with van der Waals surface area (Å²) in [6, 6.07) is 70.8. The fourth-order valence-electron chi connectivity index (χ4n) is 9.75. The van der Waals surface area contributed by atoms with E-state index in [0.29, 0.717) is 0 Å². The van der Waals surface area contributed by atoms with E-state index in [4.69, 9.17) is 4.42 Å². The van der Waals surface area contributed by atoms with Crippen LogP contribution < -0.4 is 0 Å². The first-order chi connectivity index (χ1) is 28.3. The van der Waals surface area contributed by atoms with Crippen molar-refractivity contribution in [1.82, 2.24) is 9.13 Å². The summed E-state index contributed by atoms with van der Waals surface area (Å²) in [6.07, 6.45) is 0. The first-order valence-corrected chi connectivity index (χ1v) is 19.6. The van der Waals surface area contributed by atoms with Gasteiger partial charge in [0, 0.05) is 43.7 Å². The van der Waals surface area contributed by atoms with Crippen LogP contribution in [0.4, 0.5) is 0 Å². The van der Waals surface area contributed by atoms with Crippen LogP contribution in [0, 0.1) is 0 Å². The predicted octanol–water partition coefficient (Wildman–Crippen LogP) is 14.9. The molecule has 264 valence electrons. The van der Waals surface area contributed by atoms with E-state index in [1.807, 2.05) is 0 Å². The van der Waals surface area contributed by atoms with Gasteiger partial charge >= 0.3 is 0 Å². The first-order valence-electron chi connectivity index (χ1n) is 19.6. The zero-order valence-electron chi connectivity index (χ0n) is 30.8. The van der Waals surface area contributed by atoms with E-state index in [0.717, 1.165) is 22.4 Å². The maximum absolute atomic E-state index is 6.57. The molecule has 10 aromatic carbocycles. The number of rotatable bonds is 4. The van der Waals surface area contributed by atoms with Crippen LogP contribution in [0.2, 0.25) is 0 Å². The molecule has 0 saturated carbocycles. The van der Waals surface area contributed by atoms with Crippen molar-refractivity contribution in [3.63, 3.8) is 0 Å². The fraction of sp³-hybridized carbons (Fsp3) is 0. The number of furan rings is 1. The van der Waals surface area contributed by atoms with Crippen LogP contribution in [0.3, 0.4) is 0 Å². The van der Waals surface area contributed by atoms with E-state index in [1.54, 1.807) is 0 Å². The summed E-state index contributed by atoms with van der Waals surface area (Å²) >= 11 is 0. The third-order valence-corrected chi connectivity index (χ3v) is 12.2. The Morgan fingerprint density at radius 2 is 0.825 bits per heavy atom. The molecule has 0 atom stereocenters. The van der Waals surface area contributed by atoms with E-state index < -0.39 is 0 Å². The van der Waals surface area contributed by atoms with Crippen molar-refractivity contribution in [2.24, 2.45) is 0 Å². The van der Waals surface area contributed by atoms with Crippen molar-refractivity contribution in [3.05, 3.63) is 194 Å². The number of fused-ring (bicyclic) bond motifs is 9. The Kier molecular flexibility index (Phi) is 6.16. The SMILES string of the molecule is c1ccc(-c2cc3oc4cccc5c6cc(-n7c8ccccc8c8cc(-c9ccc%10c(c9)c9ccccc9n%10-c9ccccc9)ccc87)ccc6c(c2)c3c45)cc1. The van der Waals surface area contributed by atoms with Crippen LogP contribution >= 0.6 is 0 Å². The molecule has 57 heavy (non-hydrogen) atoms. The van der Waals surface area contributed by atoms with Gasteiger partial charge in [-0.2, -0.15) is 0 Å². The average molecular weight is 725 g/mol. The van der Waals surface area contributed by atoms with E-state index in [2.05, 4.69) is 203 Å². The Balaban J connectivity index is 1.01. The second kappa shape index (κ2) is 11.5. The minimum absolute atomic E-state index is 0.928. The molecule has 13 rings (SSSR count). The Morgan fingerprint density at radius 1 is 0.263 bits per heavy atom. The zero-order chi connectivity index (χ0) is 37.2. The van der Waals surface area contributed by atoms with Gasteiger partial charge < -0.3 is 13.6 Å². The highest BCUT2D eigenvalue weighted by molar-refractivity contribution is 6.33. The molecule has 3 aromatic heterocycles. The highest BCUT2D eigenvalue weighted by Crippen LogP contribution is 2.45. The molecule has 0 spiro atoms. The number of hydrogen-bond acceptors (Lipinski definition) is 1. The molecule has 0 aliphatic rings. The van der Waals surface area contributed by atoms with Gasteiger partial charge in [-0.15, -0.1) is 0 Å². The van der Waals surface area contributed by atoms with Gasteiger partial charge in [-0.25, -0.2) is 0 Å². The standard InChI is InChI=1S/C54H32N2O/c1-3-12-33(13-4-1)36-30-46-39-25-24-38(32-43(39)42-18-11-21-51-53(42)54(46)52(31-36)57-51)56-48-20-10-8-17-41(48)45-29-35(23-27-50(45)56)34-22-26-49-44(28-34)40-16-7-9-19-47(40)55(49)37-14-5-2-6-15-37/h1-32H. The highest BCUT2D eigenvalue weighted by atomic mass is 16.3.